The molecule has 1 fully saturated rings. The van der Waals surface area contributed by atoms with Gasteiger partial charge in [0, 0.05) is 32.7 Å². The smallest absolute Gasteiger partial charge is 0.235 e. The zero-order valence-electron chi connectivity index (χ0n) is 8.82. The number of ether oxygens (including phenoxy) is 1. The van der Waals surface area contributed by atoms with Crippen LogP contribution in [0.25, 0.3) is 0 Å². The maximum absolute atomic E-state index is 11.0. The van der Waals surface area contributed by atoms with Gasteiger partial charge in [0.25, 0.3) is 0 Å². The highest BCUT2D eigenvalue weighted by Gasteiger charge is 2.26. The van der Waals surface area contributed by atoms with Crippen LogP contribution >= 0.6 is 0 Å². The van der Waals surface area contributed by atoms with Crippen LogP contribution in [0.5, 0.6) is 0 Å². The van der Waals surface area contributed by atoms with E-state index >= 15 is 0 Å². The molecule has 1 amide bonds. The minimum Gasteiger partial charge on any atom is -0.380 e. The Morgan fingerprint density at radius 1 is 1.79 bits per heavy atom. The molecule has 2 unspecified atom stereocenters. The summed E-state index contributed by atoms with van der Waals surface area (Å²) in [7, 11) is 1.73. The number of hydrazine groups is 1. The van der Waals surface area contributed by atoms with E-state index in [-0.39, 0.29) is 11.9 Å². The van der Waals surface area contributed by atoms with Crippen LogP contribution in [0.2, 0.25) is 0 Å². The van der Waals surface area contributed by atoms with Crippen LogP contribution in [0.3, 0.4) is 0 Å². The van der Waals surface area contributed by atoms with Gasteiger partial charge in [-0.05, 0) is 13.3 Å². The van der Waals surface area contributed by atoms with Gasteiger partial charge >= 0.3 is 0 Å². The number of likely N-dealkylation sites (tertiary alicyclic amines) is 1. The number of methoxy groups -OCH3 is 1. The monoisotopic (exact) mass is 201 g/mol. The lowest BCUT2D eigenvalue weighted by Gasteiger charge is -2.23. The molecular weight excluding hydrogens is 182 g/mol. The fraction of sp³-hybridized carbons (Fsp3) is 0.889. The summed E-state index contributed by atoms with van der Waals surface area (Å²) in [6.45, 7) is 3.94. The van der Waals surface area contributed by atoms with E-state index in [9.17, 15) is 4.79 Å². The number of rotatable bonds is 4. The molecule has 1 aliphatic heterocycles. The number of hydrogen-bond donors (Lipinski definition) is 2. The summed E-state index contributed by atoms with van der Waals surface area (Å²) in [6.07, 6.45) is 1.82. The summed E-state index contributed by atoms with van der Waals surface area (Å²) in [5.41, 5.74) is 2.15. The van der Waals surface area contributed by atoms with E-state index in [2.05, 4.69) is 10.3 Å². The number of carbonyl (C=O) groups excluding carboxylic acids is 1. The van der Waals surface area contributed by atoms with Crippen LogP contribution in [0.15, 0.2) is 0 Å². The molecule has 1 aliphatic rings. The lowest BCUT2D eigenvalue weighted by molar-refractivity contribution is -0.122. The third kappa shape index (κ3) is 2.94. The number of carbonyl (C=O) groups is 1. The Bertz CT molecular complexity index is 198. The Kier molecular flexibility index (Phi) is 4.31. The predicted octanol–water partition coefficient (Wildman–Crippen LogP) is -0.524. The summed E-state index contributed by atoms with van der Waals surface area (Å²) >= 11 is 0. The largest absolute Gasteiger partial charge is 0.380 e. The van der Waals surface area contributed by atoms with E-state index in [4.69, 9.17) is 10.6 Å². The molecule has 5 heteroatoms. The zero-order chi connectivity index (χ0) is 10.6. The predicted molar refractivity (Wildman–Crippen MR) is 53.4 cm³/mol. The number of nitrogens with one attached hydrogen (secondary N) is 1. The average Bonchev–Trinajstić information content (AvgIpc) is 2.65. The summed E-state index contributed by atoms with van der Waals surface area (Å²) in [4.78, 5) is 13.3. The Morgan fingerprint density at radius 3 is 3.00 bits per heavy atom. The van der Waals surface area contributed by atoms with Crippen LogP contribution in [0.1, 0.15) is 19.8 Å². The van der Waals surface area contributed by atoms with Gasteiger partial charge in [0.05, 0.1) is 6.10 Å². The van der Waals surface area contributed by atoms with E-state index in [0.717, 1.165) is 19.5 Å². The molecule has 1 rings (SSSR count). The molecule has 0 aromatic carbocycles. The number of nitrogens with zero attached hydrogens (tertiary/aromatic N) is 1. The molecule has 0 aromatic rings. The molecular formula is C9H19N3O2. The molecule has 82 valence electrons. The lowest BCUT2D eigenvalue weighted by Crippen LogP contribution is -2.39. The highest BCUT2D eigenvalue weighted by atomic mass is 16.5. The van der Waals surface area contributed by atoms with Crippen molar-refractivity contribution in [2.75, 3.05) is 20.2 Å². The minimum atomic E-state index is -0.113. The molecule has 0 bridgehead atoms. The number of hydrogen-bond acceptors (Lipinski definition) is 4. The van der Waals surface area contributed by atoms with Crippen molar-refractivity contribution in [2.45, 2.75) is 31.9 Å². The summed E-state index contributed by atoms with van der Waals surface area (Å²) in [5, 5.41) is 0. The highest BCUT2D eigenvalue weighted by molar-refractivity contribution is 5.75. The molecule has 0 saturated carbocycles. The second kappa shape index (κ2) is 5.29. The molecule has 1 heterocycles. The van der Waals surface area contributed by atoms with Crippen LogP contribution in [-0.4, -0.2) is 43.2 Å². The fourth-order valence-electron chi connectivity index (χ4n) is 1.80. The molecule has 3 N–H and O–H groups in total. The minimum absolute atomic E-state index is 0.113. The first-order valence-corrected chi connectivity index (χ1v) is 4.93. The van der Waals surface area contributed by atoms with Crippen LogP contribution in [0, 0.1) is 0 Å². The lowest BCUT2D eigenvalue weighted by atomic mass is 10.2. The van der Waals surface area contributed by atoms with Crippen molar-refractivity contribution in [2.24, 2.45) is 5.84 Å². The van der Waals surface area contributed by atoms with Crippen LogP contribution in [-0.2, 0) is 9.53 Å². The van der Waals surface area contributed by atoms with Crippen molar-refractivity contribution in [1.29, 1.82) is 0 Å². The van der Waals surface area contributed by atoms with Gasteiger partial charge in [-0.25, -0.2) is 5.84 Å². The van der Waals surface area contributed by atoms with E-state index in [1.54, 1.807) is 7.11 Å². The molecule has 5 nitrogen and oxygen atoms in total. The second-order valence-corrected chi connectivity index (χ2v) is 3.76. The van der Waals surface area contributed by atoms with Gasteiger partial charge in [-0.15, -0.1) is 0 Å². The van der Waals surface area contributed by atoms with Gasteiger partial charge in [-0.3, -0.25) is 15.1 Å². The zero-order valence-corrected chi connectivity index (χ0v) is 8.82. The second-order valence-electron chi connectivity index (χ2n) is 3.76. The molecule has 0 aliphatic carbocycles. The van der Waals surface area contributed by atoms with Crippen molar-refractivity contribution < 1.29 is 9.53 Å². The van der Waals surface area contributed by atoms with Gasteiger partial charge in [0.2, 0.25) is 5.91 Å². The number of nitrogens with two attached hydrogens (primary N) is 1. The SMILES string of the molecule is COC1CCN(C(C)CC(=O)NN)C1. The molecule has 0 aromatic heterocycles. The first kappa shape index (κ1) is 11.4. The average molecular weight is 201 g/mol. The van der Waals surface area contributed by atoms with Gasteiger partial charge in [-0.2, -0.15) is 0 Å². The summed E-state index contributed by atoms with van der Waals surface area (Å²) in [6, 6.07) is 0.235. The quantitative estimate of drug-likeness (QED) is 0.365. The van der Waals surface area contributed by atoms with Crippen molar-refractivity contribution in [3.63, 3.8) is 0 Å². The van der Waals surface area contributed by atoms with E-state index in [0.29, 0.717) is 12.5 Å². The molecule has 0 radical (unpaired) electrons. The van der Waals surface area contributed by atoms with Crippen LogP contribution < -0.4 is 11.3 Å². The van der Waals surface area contributed by atoms with E-state index in [1.807, 2.05) is 6.92 Å². The molecule has 1 saturated heterocycles. The molecule has 14 heavy (non-hydrogen) atoms. The summed E-state index contributed by atoms with van der Waals surface area (Å²) < 4.78 is 5.26. The molecule has 0 spiro atoms. The van der Waals surface area contributed by atoms with E-state index in [1.165, 1.54) is 0 Å². The van der Waals surface area contributed by atoms with Gasteiger partial charge in [-0.1, -0.05) is 0 Å². The highest BCUT2D eigenvalue weighted by Crippen LogP contribution is 2.16. The Balaban J connectivity index is 2.31. The van der Waals surface area contributed by atoms with Crippen molar-refractivity contribution in [3.8, 4) is 0 Å². The topological polar surface area (TPSA) is 67.6 Å². The van der Waals surface area contributed by atoms with Crippen molar-refractivity contribution in [1.82, 2.24) is 10.3 Å². The summed E-state index contributed by atoms with van der Waals surface area (Å²) in [5.74, 6) is 4.92. The van der Waals surface area contributed by atoms with E-state index < -0.39 is 0 Å². The third-order valence-corrected chi connectivity index (χ3v) is 2.77. The fourth-order valence-corrected chi connectivity index (χ4v) is 1.80. The first-order valence-electron chi connectivity index (χ1n) is 4.93. The standard InChI is InChI=1S/C9H19N3O2/c1-7(5-9(13)11-10)12-4-3-8(6-12)14-2/h7-8H,3-6,10H2,1-2H3,(H,11,13). The van der Waals surface area contributed by atoms with Crippen molar-refractivity contribution >= 4 is 5.91 Å². The molecule has 2 atom stereocenters. The normalized spacial score (nSPS) is 24.9. The van der Waals surface area contributed by atoms with Gasteiger partial charge in [0.15, 0.2) is 0 Å². The maximum atomic E-state index is 11.0. The Hall–Kier alpha value is -0.650. The van der Waals surface area contributed by atoms with Gasteiger partial charge in [0.1, 0.15) is 0 Å². The number of amides is 1. The van der Waals surface area contributed by atoms with Crippen molar-refractivity contribution in [3.05, 3.63) is 0 Å². The maximum Gasteiger partial charge on any atom is 0.235 e. The Morgan fingerprint density at radius 2 is 2.50 bits per heavy atom. The Labute approximate surface area is 84.5 Å². The van der Waals surface area contributed by atoms with Crippen LogP contribution in [0.4, 0.5) is 0 Å². The third-order valence-electron chi connectivity index (χ3n) is 2.77. The van der Waals surface area contributed by atoms with Gasteiger partial charge < -0.3 is 4.74 Å². The first-order chi connectivity index (χ1) is 6.67.